The fraction of sp³-hybridized carbons (Fsp3) is 0.280. The Morgan fingerprint density at radius 2 is 1.94 bits per heavy atom. The Morgan fingerprint density at radius 1 is 1.15 bits per heavy atom. The molecule has 1 atom stereocenters. The van der Waals surface area contributed by atoms with Crippen molar-refractivity contribution in [3.8, 4) is 0 Å². The number of amides is 1. The van der Waals surface area contributed by atoms with Crippen molar-refractivity contribution in [3.05, 3.63) is 85.2 Å². The van der Waals surface area contributed by atoms with Crippen LogP contribution in [0.3, 0.4) is 0 Å². The van der Waals surface area contributed by atoms with Gasteiger partial charge in [-0.05, 0) is 48.9 Å². The van der Waals surface area contributed by atoms with E-state index in [1.165, 1.54) is 0 Å². The van der Waals surface area contributed by atoms with Crippen molar-refractivity contribution in [2.75, 3.05) is 6.54 Å². The number of nitrogens with one attached hydrogen (secondary N) is 1. The third-order valence-electron chi connectivity index (χ3n) is 5.93. The summed E-state index contributed by atoms with van der Waals surface area (Å²) in [6.45, 7) is 4.61. The van der Waals surface area contributed by atoms with E-state index in [0.29, 0.717) is 29.7 Å². The monoisotopic (exact) mass is 491 g/mol. The van der Waals surface area contributed by atoms with Crippen LogP contribution in [0.2, 0.25) is 0 Å². The van der Waals surface area contributed by atoms with Crippen LogP contribution in [-0.2, 0) is 11.3 Å². The third kappa shape index (κ3) is 4.59. The van der Waals surface area contributed by atoms with Crippen LogP contribution < -0.4 is 5.56 Å². The predicted molar refractivity (Wildman–Crippen MR) is 137 cm³/mol. The van der Waals surface area contributed by atoms with Crippen molar-refractivity contribution < 1.29 is 4.79 Å². The number of fused-ring (bicyclic) bond motifs is 1. The summed E-state index contributed by atoms with van der Waals surface area (Å²) in [4.78, 5) is 37.8. The molecule has 0 bridgehead atoms. The lowest BCUT2D eigenvalue weighted by Crippen LogP contribution is -2.41. The fourth-order valence-corrected chi connectivity index (χ4v) is 5.64. The van der Waals surface area contributed by atoms with Crippen molar-refractivity contribution in [2.45, 2.75) is 38.9 Å². The zero-order valence-corrected chi connectivity index (χ0v) is 20.6. The van der Waals surface area contributed by atoms with E-state index in [1.807, 2.05) is 65.9 Å². The molecule has 3 aromatic heterocycles. The van der Waals surface area contributed by atoms with Gasteiger partial charge in [-0.2, -0.15) is 5.10 Å². The van der Waals surface area contributed by atoms with Crippen LogP contribution in [0.15, 0.2) is 69.2 Å². The normalized spacial score (nSPS) is 16.1. The topological polar surface area (TPSA) is 81.7 Å². The maximum Gasteiger partial charge on any atom is 0.258 e. The van der Waals surface area contributed by atoms with Crippen LogP contribution in [0.5, 0.6) is 0 Å². The predicted octanol–water partition coefficient (Wildman–Crippen LogP) is 4.63. The first-order chi connectivity index (χ1) is 16.5. The second kappa shape index (κ2) is 9.61. The second-order valence-electron chi connectivity index (χ2n) is 8.53. The average Bonchev–Trinajstić information content (AvgIpc) is 3.59. The molecule has 1 aromatic carbocycles. The Morgan fingerprint density at radius 3 is 2.68 bits per heavy atom. The number of hydrogen-bond donors (Lipinski definition) is 1. The lowest BCUT2D eigenvalue weighted by Gasteiger charge is -2.28. The number of nitrogens with zero attached hydrogens (tertiary/aromatic N) is 4. The van der Waals surface area contributed by atoms with E-state index in [9.17, 15) is 9.59 Å². The van der Waals surface area contributed by atoms with Gasteiger partial charge in [0.1, 0.15) is 5.82 Å². The molecule has 34 heavy (non-hydrogen) atoms. The Balaban J connectivity index is 1.39. The Bertz CT molecular complexity index is 1380. The Hall–Kier alpha value is -3.14. The molecule has 4 heterocycles. The van der Waals surface area contributed by atoms with Crippen molar-refractivity contribution in [1.29, 1.82) is 0 Å². The van der Waals surface area contributed by atoms with E-state index < -0.39 is 0 Å². The van der Waals surface area contributed by atoms with Gasteiger partial charge in [-0.1, -0.05) is 24.3 Å². The summed E-state index contributed by atoms with van der Waals surface area (Å²) in [6, 6.07) is 15.4. The van der Waals surface area contributed by atoms with Gasteiger partial charge in [0.05, 0.1) is 40.6 Å². The highest BCUT2D eigenvalue weighted by atomic mass is 32.1. The van der Waals surface area contributed by atoms with Gasteiger partial charge in [-0.15, -0.1) is 22.7 Å². The summed E-state index contributed by atoms with van der Waals surface area (Å²) in [6.07, 6.45) is 0.702. The van der Waals surface area contributed by atoms with E-state index in [1.54, 1.807) is 33.7 Å². The molecule has 1 amide bonds. The van der Waals surface area contributed by atoms with Crippen LogP contribution >= 0.6 is 22.7 Å². The molecule has 0 aliphatic carbocycles. The molecular formula is C25H25N5O2S2. The first kappa shape index (κ1) is 22.6. The molecule has 9 heteroatoms. The van der Waals surface area contributed by atoms with Crippen molar-refractivity contribution in [1.82, 2.24) is 19.9 Å². The molecule has 0 radical (unpaired) electrons. The largest absolute Gasteiger partial charge is 0.309 e. The highest BCUT2D eigenvalue weighted by Crippen LogP contribution is 2.36. The number of H-pyrrole nitrogens is 1. The molecule has 0 fully saturated rings. The molecular weight excluding hydrogens is 466 g/mol. The van der Waals surface area contributed by atoms with Gasteiger partial charge >= 0.3 is 0 Å². The molecule has 1 N–H and O–H groups in total. The van der Waals surface area contributed by atoms with Gasteiger partial charge in [-0.25, -0.2) is 9.99 Å². The van der Waals surface area contributed by atoms with Crippen LogP contribution in [0.4, 0.5) is 0 Å². The number of benzene rings is 1. The molecule has 5 rings (SSSR count). The summed E-state index contributed by atoms with van der Waals surface area (Å²) >= 11 is 3.28. The lowest BCUT2D eigenvalue weighted by molar-refractivity contribution is -0.134. The number of para-hydroxylation sites is 1. The van der Waals surface area contributed by atoms with Gasteiger partial charge in [0, 0.05) is 17.3 Å². The molecule has 0 spiro atoms. The number of carbonyl (C=O) groups excluding carboxylic acids is 1. The maximum absolute atomic E-state index is 13.5. The van der Waals surface area contributed by atoms with Gasteiger partial charge < -0.3 is 4.98 Å². The number of aromatic amines is 1. The SMILES string of the molecule is CC(C)N(CC(=O)N1N=C(c2cccs2)CC1c1cccs1)Cc1nc2ccccc2c(=O)[nH]1. The first-order valence-corrected chi connectivity index (χ1v) is 12.9. The van der Waals surface area contributed by atoms with Crippen LogP contribution in [0.1, 0.15) is 41.9 Å². The highest BCUT2D eigenvalue weighted by Gasteiger charge is 2.35. The average molecular weight is 492 g/mol. The van der Waals surface area contributed by atoms with Gasteiger partial charge in [0.25, 0.3) is 11.5 Å². The molecule has 0 saturated heterocycles. The summed E-state index contributed by atoms with van der Waals surface area (Å²) in [5.41, 5.74) is 1.43. The fourth-order valence-electron chi connectivity index (χ4n) is 4.10. The summed E-state index contributed by atoms with van der Waals surface area (Å²) in [5, 5.41) is 11.0. The highest BCUT2D eigenvalue weighted by molar-refractivity contribution is 7.12. The second-order valence-corrected chi connectivity index (χ2v) is 10.5. The van der Waals surface area contributed by atoms with Gasteiger partial charge in [0.15, 0.2) is 0 Å². The summed E-state index contributed by atoms with van der Waals surface area (Å²) in [7, 11) is 0. The maximum atomic E-state index is 13.5. The molecule has 0 saturated carbocycles. The summed E-state index contributed by atoms with van der Waals surface area (Å²) in [5.74, 6) is 0.478. The zero-order valence-electron chi connectivity index (χ0n) is 19.0. The van der Waals surface area contributed by atoms with E-state index in [4.69, 9.17) is 5.10 Å². The van der Waals surface area contributed by atoms with Crippen LogP contribution in [0.25, 0.3) is 10.9 Å². The first-order valence-electron chi connectivity index (χ1n) is 11.2. The molecule has 7 nitrogen and oxygen atoms in total. The van der Waals surface area contributed by atoms with E-state index in [2.05, 4.69) is 16.0 Å². The van der Waals surface area contributed by atoms with E-state index in [0.717, 1.165) is 15.5 Å². The number of hydrogen-bond acceptors (Lipinski definition) is 7. The number of rotatable bonds is 7. The molecule has 4 aromatic rings. The van der Waals surface area contributed by atoms with Crippen LogP contribution in [-0.4, -0.2) is 44.1 Å². The number of thiophene rings is 2. The Labute approximate surface area is 205 Å². The standard InChI is InChI=1S/C25H25N5O2S2/c1-16(2)29(14-23-26-18-8-4-3-7-17(18)25(32)27-23)15-24(31)30-20(22-10-6-12-34-22)13-19(28-30)21-9-5-11-33-21/h3-12,16,20H,13-15H2,1-2H3,(H,26,27,32). The number of carbonyl (C=O) groups is 1. The van der Waals surface area contributed by atoms with Crippen LogP contribution in [0, 0.1) is 0 Å². The van der Waals surface area contributed by atoms with Gasteiger partial charge in [-0.3, -0.25) is 14.5 Å². The van der Waals surface area contributed by atoms with Crippen molar-refractivity contribution >= 4 is 45.2 Å². The van der Waals surface area contributed by atoms with E-state index in [-0.39, 0.29) is 30.1 Å². The zero-order chi connectivity index (χ0) is 23.7. The lowest BCUT2D eigenvalue weighted by atomic mass is 10.1. The molecule has 174 valence electrons. The quantitative estimate of drug-likeness (QED) is 0.409. The minimum Gasteiger partial charge on any atom is -0.309 e. The van der Waals surface area contributed by atoms with E-state index >= 15 is 0 Å². The Kier molecular flexibility index (Phi) is 6.40. The molecule has 1 aliphatic heterocycles. The number of aromatic nitrogens is 2. The molecule has 1 aliphatic rings. The summed E-state index contributed by atoms with van der Waals surface area (Å²) < 4.78 is 0. The van der Waals surface area contributed by atoms with Gasteiger partial charge in [0.2, 0.25) is 0 Å². The molecule has 1 unspecified atom stereocenters. The smallest absolute Gasteiger partial charge is 0.258 e. The third-order valence-corrected chi connectivity index (χ3v) is 7.82. The number of hydrazone groups is 1. The minimum absolute atomic E-state index is 0.0678. The minimum atomic E-state index is -0.168. The van der Waals surface area contributed by atoms with Crippen molar-refractivity contribution in [2.24, 2.45) is 5.10 Å². The van der Waals surface area contributed by atoms with Crippen molar-refractivity contribution in [3.63, 3.8) is 0 Å².